The zero-order valence-corrected chi connectivity index (χ0v) is 24.4. The van der Waals surface area contributed by atoms with E-state index in [9.17, 15) is 19.5 Å². The number of rotatable bonds is 12. The zero-order valence-electron chi connectivity index (χ0n) is 24.4. The summed E-state index contributed by atoms with van der Waals surface area (Å²) in [5.41, 5.74) is -0.622. The predicted molar refractivity (Wildman–Crippen MR) is 158 cm³/mol. The van der Waals surface area contributed by atoms with Gasteiger partial charge >= 0.3 is 5.97 Å². The maximum Gasteiger partial charge on any atom is 0.312 e. The molecule has 1 N–H and O–H groups in total. The van der Waals surface area contributed by atoms with Crippen molar-refractivity contribution in [1.29, 1.82) is 0 Å². The molecule has 0 radical (unpaired) electrons. The smallest absolute Gasteiger partial charge is 0.312 e. The van der Waals surface area contributed by atoms with Crippen molar-refractivity contribution < 1.29 is 29.0 Å². The van der Waals surface area contributed by atoms with Crippen LogP contribution in [0.15, 0.2) is 86.0 Å². The number of carbonyl (C=O) groups excluding carboxylic acids is 3. The van der Waals surface area contributed by atoms with Crippen molar-refractivity contribution in [3.63, 3.8) is 0 Å². The van der Waals surface area contributed by atoms with E-state index in [1.807, 2.05) is 74.5 Å². The van der Waals surface area contributed by atoms with E-state index in [1.165, 1.54) is 4.90 Å². The standard InChI is InChI=1S/C34H40N2O6/c1-5-7-19-41-32(40)28-27-30(38)36(26(22-37)25-16-12-9-13-17-25)29(34(27)20-23(3)33(28,4)42-34)31(39)35(18-6-2)21-24-14-10-8-11-15-24/h5-6,8-17,23,26-29,37H,1-2,7,18-22H2,3-4H3/t23?,26-,27+,28+,29?,33-,34?/m1/s1. The molecule has 1 spiro atoms. The Morgan fingerprint density at radius 1 is 1.14 bits per heavy atom. The monoisotopic (exact) mass is 572 g/mol. The first kappa shape index (κ1) is 29.7. The number of amides is 2. The quantitative estimate of drug-likeness (QED) is 0.234. The molecular weight excluding hydrogens is 532 g/mol. The van der Waals surface area contributed by atoms with Crippen molar-refractivity contribution in [2.45, 2.75) is 56.5 Å². The highest BCUT2D eigenvalue weighted by atomic mass is 16.6. The Hall–Kier alpha value is -3.75. The average Bonchev–Trinajstić information content (AvgIpc) is 3.51. The van der Waals surface area contributed by atoms with Gasteiger partial charge in [0.05, 0.1) is 30.8 Å². The summed E-state index contributed by atoms with van der Waals surface area (Å²) in [6, 6.07) is 16.9. The van der Waals surface area contributed by atoms with Crippen molar-refractivity contribution >= 4 is 17.8 Å². The van der Waals surface area contributed by atoms with E-state index in [0.29, 0.717) is 24.9 Å². The van der Waals surface area contributed by atoms with Crippen LogP contribution < -0.4 is 0 Å². The van der Waals surface area contributed by atoms with E-state index < -0.39 is 47.7 Å². The number of benzene rings is 2. The van der Waals surface area contributed by atoms with Crippen LogP contribution in [-0.4, -0.2) is 69.7 Å². The van der Waals surface area contributed by atoms with Gasteiger partial charge < -0.3 is 24.4 Å². The van der Waals surface area contributed by atoms with Gasteiger partial charge in [0.1, 0.15) is 17.6 Å². The number of aliphatic hydroxyl groups excluding tert-OH is 1. The fourth-order valence-corrected chi connectivity index (χ4v) is 7.38. The topological polar surface area (TPSA) is 96.4 Å². The van der Waals surface area contributed by atoms with E-state index in [1.54, 1.807) is 17.1 Å². The molecule has 0 saturated carbocycles. The fourth-order valence-electron chi connectivity index (χ4n) is 7.38. The molecule has 2 aromatic carbocycles. The summed E-state index contributed by atoms with van der Waals surface area (Å²) in [6.07, 6.45) is 4.23. The lowest BCUT2D eigenvalue weighted by Crippen LogP contribution is -2.57. The Morgan fingerprint density at radius 3 is 2.43 bits per heavy atom. The van der Waals surface area contributed by atoms with Crippen LogP contribution in [0.25, 0.3) is 0 Å². The molecule has 7 atom stereocenters. The van der Waals surface area contributed by atoms with Gasteiger partial charge in [0.25, 0.3) is 0 Å². The van der Waals surface area contributed by atoms with Gasteiger partial charge in [-0.15, -0.1) is 13.2 Å². The van der Waals surface area contributed by atoms with Gasteiger partial charge in [0.2, 0.25) is 11.8 Å². The zero-order chi connectivity index (χ0) is 30.1. The van der Waals surface area contributed by atoms with Gasteiger partial charge in [-0.25, -0.2) is 0 Å². The first-order valence-corrected chi connectivity index (χ1v) is 14.6. The Balaban J connectivity index is 1.62. The molecule has 5 rings (SSSR count). The van der Waals surface area contributed by atoms with Crippen molar-refractivity contribution in [3.8, 4) is 0 Å². The summed E-state index contributed by atoms with van der Waals surface area (Å²) in [5, 5.41) is 10.7. The van der Waals surface area contributed by atoms with Crippen molar-refractivity contribution in [1.82, 2.24) is 9.80 Å². The third-order valence-electron chi connectivity index (χ3n) is 9.38. The van der Waals surface area contributed by atoms with Crippen LogP contribution in [0, 0.1) is 17.8 Å². The molecule has 2 amide bonds. The van der Waals surface area contributed by atoms with Crippen LogP contribution in [0.5, 0.6) is 0 Å². The number of carbonyl (C=O) groups is 3. The van der Waals surface area contributed by atoms with E-state index in [4.69, 9.17) is 9.47 Å². The average molecular weight is 573 g/mol. The third-order valence-corrected chi connectivity index (χ3v) is 9.38. The summed E-state index contributed by atoms with van der Waals surface area (Å²) in [5.74, 6) is -3.14. The van der Waals surface area contributed by atoms with Gasteiger partial charge in [-0.1, -0.05) is 79.7 Å². The molecule has 8 heteroatoms. The molecule has 3 heterocycles. The first-order chi connectivity index (χ1) is 20.2. The van der Waals surface area contributed by atoms with Gasteiger partial charge in [0.15, 0.2) is 0 Å². The molecule has 2 bridgehead atoms. The highest BCUT2D eigenvalue weighted by molar-refractivity contribution is 5.99. The molecule has 222 valence electrons. The van der Waals surface area contributed by atoms with E-state index in [0.717, 1.165) is 5.56 Å². The number of ether oxygens (including phenoxy) is 2. The number of fused-ring (bicyclic) bond motifs is 1. The predicted octanol–water partition coefficient (Wildman–Crippen LogP) is 4.06. The van der Waals surface area contributed by atoms with Gasteiger partial charge in [-0.3, -0.25) is 14.4 Å². The van der Waals surface area contributed by atoms with Crippen LogP contribution in [0.2, 0.25) is 0 Å². The molecule has 3 aliphatic rings. The minimum absolute atomic E-state index is 0.125. The summed E-state index contributed by atoms with van der Waals surface area (Å²) in [7, 11) is 0. The number of aliphatic hydroxyl groups is 1. The van der Waals surface area contributed by atoms with Crippen LogP contribution >= 0.6 is 0 Å². The van der Waals surface area contributed by atoms with E-state index in [2.05, 4.69) is 13.2 Å². The largest absolute Gasteiger partial charge is 0.465 e. The summed E-state index contributed by atoms with van der Waals surface area (Å²) >= 11 is 0. The highest BCUT2D eigenvalue weighted by Crippen LogP contribution is 2.66. The maximum absolute atomic E-state index is 14.8. The van der Waals surface area contributed by atoms with Gasteiger partial charge in [-0.05, 0) is 36.8 Å². The second-order valence-electron chi connectivity index (χ2n) is 11.8. The number of likely N-dealkylation sites (tertiary alicyclic amines) is 1. The lowest BCUT2D eigenvalue weighted by Gasteiger charge is -2.39. The second kappa shape index (κ2) is 11.9. The van der Waals surface area contributed by atoms with E-state index in [-0.39, 0.29) is 30.9 Å². The SMILES string of the molecule is C=CCCOC(=O)[C@@H]1[C@H]2C(=O)N([C@H](CO)c3ccccc3)C(C(=O)N(CC=C)Cc3ccccc3)C23CC(C)[C@@]1(C)O3. The molecule has 3 aliphatic heterocycles. The minimum atomic E-state index is -1.26. The minimum Gasteiger partial charge on any atom is -0.465 e. The Bertz CT molecular complexity index is 1330. The molecule has 0 aliphatic carbocycles. The fraction of sp³-hybridized carbons (Fsp3) is 0.441. The van der Waals surface area contributed by atoms with E-state index >= 15 is 0 Å². The molecule has 0 aromatic heterocycles. The number of nitrogens with zero attached hydrogens (tertiary/aromatic N) is 2. The second-order valence-corrected chi connectivity index (χ2v) is 11.8. The molecule has 42 heavy (non-hydrogen) atoms. The molecule has 3 saturated heterocycles. The summed E-state index contributed by atoms with van der Waals surface area (Å²) < 4.78 is 12.5. The van der Waals surface area contributed by atoms with Crippen molar-refractivity contribution in [2.75, 3.05) is 19.8 Å². The summed E-state index contributed by atoms with van der Waals surface area (Å²) in [6.45, 7) is 11.7. The van der Waals surface area contributed by atoms with Crippen LogP contribution in [0.4, 0.5) is 0 Å². The van der Waals surface area contributed by atoms with Crippen LogP contribution in [0.3, 0.4) is 0 Å². The summed E-state index contributed by atoms with van der Waals surface area (Å²) in [4.78, 5) is 46.2. The number of hydrogen-bond acceptors (Lipinski definition) is 6. The Morgan fingerprint density at radius 2 is 1.81 bits per heavy atom. The molecular formula is C34H40N2O6. The molecule has 3 unspecified atom stereocenters. The Kier molecular flexibility index (Phi) is 8.39. The lowest BCUT2D eigenvalue weighted by molar-refractivity contribution is -0.163. The molecule has 8 nitrogen and oxygen atoms in total. The van der Waals surface area contributed by atoms with Crippen LogP contribution in [-0.2, 0) is 30.4 Å². The highest BCUT2D eigenvalue weighted by Gasteiger charge is 2.80. The maximum atomic E-state index is 14.8. The first-order valence-electron chi connectivity index (χ1n) is 14.6. The normalized spacial score (nSPS) is 30.1. The molecule has 2 aromatic rings. The van der Waals surface area contributed by atoms with Gasteiger partial charge in [0, 0.05) is 13.1 Å². The van der Waals surface area contributed by atoms with Crippen molar-refractivity contribution in [3.05, 3.63) is 97.1 Å². The lowest BCUT2D eigenvalue weighted by atomic mass is 9.62. The number of esters is 1. The number of hydrogen-bond donors (Lipinski definition) is 1. The third kappa shape index (κ3) is 4.76. The van der Waals surface area contributed by atoms with Crippen LogP contribution in [0.1, 0.15) is 43.9 Å². The Labute approximate surface area is 247 Å². The van der Waals surface area contributed by atoms with Crippen molar-refractivity contribution in [2.24, 2.45) is 17.8 Å². The van der Waals surface area contributed by atoms with Gasteiger partial charge in [-0.2, -0.15) is 0 Å². The molecule has 3 fully saturated rings.